The van der Waals surface area contributed by atoms with E-state index >= 15 is 0 Å². The highest BCUT2D eigenvalue weighted by atomic mass is 16.5. The summed E-state index contributed by atoms with van der Waals surface area (Å²) in [5, 5.41) is 0. The van der Waals surface area contributed by atoms with E-state index < -0.39 is 0 Å². The number of ether oxygens (including phenoxy) is 2. The Balaban J connectivity index is 1.77. The standard InChI is InChI=1S/C17H23NO3/c1-4-18-8-7-17(2,3)15(10-18)21-13-5-6-14-12(9-13)11-20-16(14)19/h5-6,9,15H,4,7-8,10-11H2,1-3H3/t15-/m0/s1. The second-order valence-electron chi connectivity index (χ2n) is 6.63. The Morgan fingerprint density at radius 3 is 3.00 bits per heavy atom. The Labute approximate surface area is 126 Å². The summed E-state index contributed by atoms with van der Waals surface area (Å²) in [7, 11) is 0. The smallest absolute Gasteiger partial charge is 0.338 e. The summed E-state index contributed by atoms with van der Waals surface area (Å²) in [4.78, 5) is 13.9. The van der Waals surface area contributed by atoms with Gasteiger partial charge in [0.05, 0.1) is 5.56 Å². The molecule has 1 fully saturated rings. The average molecular weight is 289 g/mol. The molecule has 0 amide bonds. The molecule has 1 atom stereocenters. The summed E-state index contributed by atoms with van der Waals surface area (Å²) in [6, 6.07) is 5.64. The lowest BCUT2D eigenvalue weighted by molar-refractivity contribution is -0.00667. The summed E-state index contributed by atoms with van der Waals surface area (Å²) in [5.41, 5.74) is 1.76. The number of esters is 1. The number of fused-ring (bicyclic) bond motifs is 1. The van der Waals surface area contributed by atoms with Crippen molar-refractivity contribution in [3.05, 3.63) is 29.3 Å². The molecule has 3 rings (SSSR count). The maximum atomic E-state index is 11.5. The van der Waals surface area contributed by atoms with E-state index in [1.165, 1.54) is 0 Å². The SMILES string of the molecule is CCN1CCC(C)(C)[C@@H](Oc2ccc3c(c2)COC3=O)C1. The van der Waals surface area contributed by atoms with Crippen molar-refractivity contribution in [3.8, 4) is 5.75 Å². The molecule has 0 N–H and O–H groups in total. The van der Waals surface area contributed by atoms with Crippen LogP contribution in [0.15, 0.2) is 18.2 Å². The fourth-order valence-electron chi connectivity index (χ4n) is 3.01. The van der Waals surface area contributed by atoms with E-state index in [0.717, 1.165) is 37.4 Å². The predicted octanol–water partition coefficient (Wildman–Crippen LogP) is 2.86. The van der Waals surface area contributed by atoms with Gasteiger partial charge in [-0.15, -0.1) is 0 Å². The molecule has 4 nitrogen and oxygen atoms in total. The van der Waals surface area contributed by atoms with E-state index in [0.29, 0.717) is 12.2 Å². The first-order valence-electron chi connectivity index (χ1n) is 7.68. The summed E-state index contributed by atoms with van der Waals surface area (Å²) >= 11 is 0. The summed E-state index contributed by atoms with van der Waals surface area (Å²) < 4.78 is 11.3. The molecule has 0 unspecified atom stereocenters. The number of piperidine rings is 1. The van der Waals surface area contributed by atoms with Crippen LogP contribution in [0.2, 0.25) is 0 Å². The Kier molecular flexibility index (Phi) is 3.66. The number of rotatable bonds is 3. The van der Waals surface area contributed by atoms with E-state index in [1.54, 1.807) is 0 Å². The van der Waals surface area contributed by atoms with Gasteiger partial charge in [0, 0.05) is 17.5 Å². The Bertz CT molecular complexity index is 553. The number of likely N-dealkylation sites (tertiary alicyclic amines) is 1. The normalized spacial score (nSPS) is 24.5. The highest BCUT2D eigenvalue weighted by Crippen LogP contribution is 2.34. The van der Waals surface area contributed by atoms with Crippen molar-refractivity contribution in [1.29, 1.82) is 0 Å². The van der Waals surface area contributed by atoms with Crippen LogP contribution in [0.4, 0.5) is 0 Å². The molecule has 4 heteroatoms. The summed E-state index contributed by atoms with van der Waals surface area (Å²) in [6.07, 6.45) is 1.31. The molecule has 0 radical (unpaired) electrons. The molecular weight excluding hydrogens is 266 g/mol. The van der Waals surface area contributed by atoms with Crippen molar-refractivity contribution >= 4 is 5.97 Å². The lowest BCUT2D eigenvalue weighted by atomic mass is 9.80. The Hall–Kier alpha value is -1.55. The minimum Gasteiger partial charge on any atom is -0.489 e. The van der Waals surface area contributed by atoms with E-state index in [1.807, 2.05) is 18.2 Å². The fourth-order valence-corrected chi connectivity index (χ4v) is 3.01. The van der Waals surface area contributed by atoms with Gasteiger partial charge in [-0.2, -0.15) is 0 Å². The molecule has 114 valence electrons. The number of benzene rings is 1. The van der Waals surface area contributed by atoms with Crippen molar-refractivity contribution in [2.24, 2.45) is 5.41 Å². The maximum Gasteiger partial charge on any atom is 0.338 e. The number of hydrogen-bond acceptors (Lipinski definition) is 4. The fraction of sp³-hybridized carbons (Fsp3) is 0.588. The zero-order valence-electron chi connectivity index (χ0n) is 13.0. The molecule has 21 heavy (non-hydrogen) atoms. The topological polar surface area (TPSA) is 38.8 Å². The molecule has 2 aliphatic heterocycles. The van der Waals surface area contributed by atoms with Crippen LogP contribution in [0.25, 0.3) is 0 Å². The van der Waals surface area contributed by atoms with Crippen molar-refractivity contribution in [3.63, 3.8) is 0 Å². The zero-order chi connectivity index (χ0) is 15.0. The van der Waals surface area contributed by atoms with Gasteiger partial charge < -0.3 is 9.47 Å². The van der Waals surface area contributed by atoms with Gasteiger partial charge in [0.2, 0.25) is 0 Å². The molecule has 1 aromatic rings. The highest BCUT2D eigenvalue weighted by Gasteiger charge is 2.37. The van der Waals surface area contributed by atoms with Gasteiger partial charge in [-0.1, -0.05) is 20.8 Å². The first kappa shape index (κ1) is 14.4. The number of nitrogens with zero attached hydrogens (tertiary/aromatic N) is 1. The summed E-state index contributed by atoms with van der Waals surface area (Å²) in [6.45, 7) is 10.2. The van der Waals surface area contributed by atoms with Crippen LogP contribution in [-0.2, 0) is 11.3 Å². The number of hydrogen-bond donors (Lipinski definition) is 0. The van der Waals surface area contributed by atoms with E-state index in [2.05, 4.69) is 25.7 Å². The zero-order valence-corrected chi connectivity index (χ0v) is 13.0. The first-order chi connectivity index (χ1) is 9.99. The number of cyclic esters (lactones) is 1. The van der Waals surface area contributed by atoms with Gasteiger partial charge in [0.15, 0.2) is 0 Å². The van der Waals surface area contributed by atoms with Crippen LogP contribution in [0.3, 0.4) is 0 Å². The molecule has 2 heterocycles. The molecule has 0 aliphatic carbocycles. The summed E-state index contributed by atoms with van der Waals surface area (Å²) in [5.74, 6) is 0.606. The second-order valence-corrected chi connectivity index (χ2v) is 6.63. The van der Waals surface area contributed by atoms with Crippen LogP contribution in [0.1, 0.15) is 43.1 Å². The van der Waals surface area contributed by atoms with Gasteiger partial charge in [0.1, 0.15) is 18.5 Å². The molecule has 0 saturated carbocycles. The predicted molar refractivity (Wildman–Crippen MR) is 80.5 cm³/mol. The van der Waals surface area contributed by atoms with Crippen LogP contribution < -0.4 is 4.74 Å². The lowest BCUT2D eigenvalue weighted by Gasteiger charge is -2.43. The largest absolute Gasteiger partial charge is 0.489 e. The van der Waals surface area contributed by atoms with Crippen molar-refractivity contribution < 1.29 is 14.3 Å². The van der Waals surface area contributed by atoms with Crippen molar-refractivity contribution in [2.45, 2.75) is 39.9 Å². The molecular formula is C17H23NO3. The second kappa shape index (κ2) is 5.34. The minimum absolute atomic E-state index is 0.164. The first-order valence-corrected chi connectivity index (χ1v) is 7.68. The van der Waals surface area contributed by atoms with E-state index in [-0.39, 0.29) is 17.5 Å². The van der Waals surface area contributed by atoms with Gasteiger partial charge in [-0.25, -0.2) is 4.79 Å². The Morgan fingerprint density at radius 1 is 1.43 bits per heavy atom. The van der Waals surface area contributed by atoms with Crippen LogP contribution in [0.5, 0.6) is 5.75 Å². The van der Waals surface area contributed by atoms with Crippen LogP contribution in [-0.4, -0.2) is 36.6 Å². The monoisotopic (exact) mass is 289 g/mol. The lowest BCUT2D eigenvalue weighted by Crippen LogP contribution is -2.50. The number of carbonyl (C=O) groups is 1. The Morgan fingerprint density at radius 2 is 2.24 bits per heavy atom. The molecule has 2 aliphatic rings. The van der Waals surface area contributed by atoms with Crippen LogP contribution in [0, 0.1) is 5.41 Å². The van der Waals surface area contributed by atoms with Crippen molar-refractivity contribution in [2.75, 3.05) is 19.6 Å². The number of likely N-dealkylation sites (N-methyl/N-ethyl adjacent to an activating group) is 1. The minimum atomic E-state index is -0.230. The van der Waals surface area contributed by atoms with Gasteiger partial charge in [-0.3, -0.25) is 4.90 Å². The third kappa shape index (κ3) is 2.77. The molecule has 0 bridgehead atoms. The highest BCUT2D eigenvalue weighted by molar-refractivity contribution is 5.93. The van der Waals surface area contributed by atoms with Gasteiger partial charge >= 0.3 is 5.97 Å². The molecule has 0 spiro atoms. The third-order valence-corrected chi connectivity index (χ3v) is 4.75. The quantitative estimate of drug-likeness (QED) is 0.802. The van der Waals surface area contributed by atoms with Gasteiger partial charge in [-0.05, 0) is 37.7 Å². The van der Waals surface area contributed by atoms with Gasteiger partial charge in [0.25, 0.3) is 0 Å². The maximum absolute atomic E-state index is 11.5. The molecule has 1 aromatic carbocycles. The van der Waals surface area contributed by atoms with Crippen LogP contribution >= 0.6 is 0 Å². The number of carbonyl (C=O) groups excluding carboxylic acids is 1. The van der Waals surface area contributed by atoms with E-state index in [9.17, 15) is 4.79 Å². The average Bonchev–Trinajstić information content (AvgIpc) is 2.82. The molecule has 1 saturated heterocycles. The van der Waals surface area contributed by atoms with E-state index in [4.69, 9.17) is 9.47 Å². The molecule has 0 aromatic heterocycles. The third-order valence-electron chi connectivity index (χ3n) is 4.75. The van der Waals surface area contributed by atoms with Crippen molar-refractivity contribution in [1.82, 2.24) is 4.90 Å².